The number of primary amides is 1. The third-order valence-corrected chi connectivity index (χ3v) is 5.76. The Kier molecular flexibility index (Phi) is 5.41. The zero-order valence-electron chi connectivity index (χ0n) is 16.2. The quantitative estimate of drug-likeness (QED) is 0.697. The summed E-state index contributed by atoms with van der Waals surface area (Å²) >= 11 is 0. The molecule has 4 nitrogen and oxygen atoms in total. The lowest BCUT2D eigenvalue weighted by atomic mass is 9.79. The number of hydrogen-bond acceptors (Lipinski definition) is 3. The smallest absolute Gasteiger partial charge is 0.225 e. The van der Waals surface area contributed by atoms with Crippen LogP contribution in [0.1, 0.15) is 17.5 Å². The average molecular weight is 389 g/mol. The van der Waals surface area contributed by atoms with Gasteiger partial charge in [0.05, 0.1) is 5.41 Å². The van der Waals surface area contributed by atoms with Gasteiger partial charge in [-0.05, 0) is 65.9 Å². The number of amides is 1. The van der Waals surface area contributed by atoms with E-state index in [4.69, 9.17) is 5.73 Å². The number of halogens is 1. The van der Waals surface area contributed by atoms with E-state index in [1.165, 1.54) is 12.1 Å². The Balaban J connectivity index is 1.51. The van der Waals surface area contributed by atoms with Crippen LogP contribution in [-0.2, 0) is 17.8 Å². The maximum atomic E-state index is 13.1. The van der Waals surface area contributed by atoms with Gasteiger partial charge >= 0.3 is 0 Å². The van der Waals surface area contributed by atoms with E-state index in [1.54, 1.807) is 24.5 Å². The van der Waals surface area contributed by atoms with Crippen molar-refractivity contribution in [2.75, 3.05) is 13.1 Å². The predicted molar refractivity (Wildman–Crippen MR) is 111 cm³/mol. The summed E-state index contributed by atoms with van der Waals surface area (Å²) < 4.78 is 13.1. The Morgan fingerprint density at radius 1 is 1.03 bits per heavy atom. The highest BCUT2D eigenvalue weighted by Gasteiger charge is 2.43. The van der Waals surface area contributed by atoms with Crippen LogP contribution in [-0.4, -0.2) is 28.9 Å². The molecule has 148 valence electrons. The summed E-state index contributed by atoms with van der Waals surface area (Å²) in [4.78, 5) is 18.8. The molecule has 5 heteroatoms. The summed E-state index contributed by atoms with van der Waals surface area (Å²) in [6.45, 7) is 2.09. The fraction of sp³-hybridized carbons (Fsp3) is 0.250. The number of carbonyl (C=O) groups excluding carboxylic acids is 1. The molecule has 2 aromatic carbocycles. The first-order chi connectivity index (χ1) is 14.0. The van der Waals surface area contributed by atoms with Gasteiger partial charge in [-0.1, -0.05) is 36.4 Å². The van der Waals surface area contributed by atoms with Gasteiger partial charge in [-0.15, -0.1) is 0 Å². The number of likely N-dealkylation sites (tertiary alicyclic amines) is 1. The van der Waals surface area contributed by atoms with Crippen molar-refractivity contribution in [3.8, 4) is 11.1 Å². The number of pyridine rings is 1. The van der Waals surface area contributed by atoms with Crippen LogP contribution < -0.4 is 5.73 Å². The van der Waals surface area contributed by atoms with Gasteiger partial charge in [-0.25, -0.2) is 4.39 Å². The minimum atomic E-state index is -0.586. The van der Waals surface area contributed by atoms with Crippen molar-refractivity contribution < 1.29 is 9.18 Å². The molecule has 2 N–H and O–H groups in total. The average Bonchev–Trinajstić information content (AvgIpc) is 3.14. The van der Waals surface area contributed by atoms with E-state index in [0.717, 1.165) is 35.2 Å². The molecular formula is C24H24FN3O. The fourth-order valence-corrected chi connectivity index (χ4v) is 4.17. The molecule has 1 aliphatic heterocycles. The lowest BCUT2D eigenvalue weighted by molar-refractivity contribution is -0.127. The van der Waals surface area contributed by atoms with Gasteiger partial charge in [0.1, 0.15) is 5.82 Å². The first-order valence-corrected chi connectivity index (χ1v) is 9.80. The second-order valence-electron chi connectivity index (χ2n) is 7.84. The third kappa shape index (κ3) is 4.35. The molecule has 0 aliphatic carbocycles. The van der Waals surface area contributed by atoms with Crippen molar-refractivity contribution in [1.82, 2.24) is 9.88 Å². The van der Waals surface area contributed by atoms with Crippen molar-refractivity contribution in [3.63, 3.8) is 0 Å². The van der Waals surface area contributed by atoms with E-state index in [1.807, 2.05) is 18.2 Å². The summed E-state index contributed by atoms with van der Waals surface area (Å²) in [5.41, 5.74) is 9.63. The maximum Gasteiger partial charge on any atom is 0.225 e. The van der Waals surface area contributed by atoms with Gasteiger partial charge in [0.15, 0.2) is 0 Å². The monoisotopic (exact) mass is 389 g/mol. The minimum Gasteiger partial charge on any atom is -0.369 e. The molecule has 29 heavy (non-hydrogen) atoms. The molecule has 0 spiro atoms. The maximum absolute atomic E-state index is 13.1. The molecule has 1 fully saturated rings. The molecule has 1 amide bonds. The molecule has 0 bridgehead atoms. The van der Waals surface area contributed by atoms with E-state index in [-0.39, 0.29) is 11.7 Å². The molecule has 2 heterocycles. The van der Waals surface area contributed by atoms with Crippen LogP contribution in [0.15, 0.2) is 73.1 Å². The van der Waals surface area contributed by atoms with Gasteiger partial charge in [-0.3, -0.25) is 14.7 Å². The van der Waals surface area contributed by atoms with Crippen LogP contribution in [0.3, 0.4) is 0 Å². The normalized spacial score (nSPS) is 19.3. The van der Waals surface area contributed by atoms with Crippen molar-refractivity contribution in [2.24, 2.45) is 11.1 Å². The standard InChI is InChI=1S/C24H24FN3O/c25-22-6-4-18(5-7-22)16-28-13-10-24(17-28,23(26)29)15-19-2-1-3-21(14-19)20-8-11-27-12-9-20/h1-9,11-12,14H,10,13,15-17H2,(H2,26,29). The van der Waals surface area contributed by atoms with E-state index >= 15 is 0 Å². The molecule has 0 radical (unpaired) electrons. The summed E-state index contributed by atoms with van der Waals surface area (Å²) in [6, 6.07) is 18.7. The number of rotatable bonds is 6. The second-order valence-corrected chi connectivity index (χ2v) is 7.84. The predicted octanol–water partition coefficient (Wildman–Crippen LogP) is 3.81. The number of nitrogens with zero attached hydrogens (tertiary/aromatic N) is 2. The fourth-order valence-electron chi connectivity index (χ4n) is 4.17. The van der Waals surface area contributed by atoms with Gasteiger partial charge in [-0.2, -0.15) is 0 Å². The Labute approximate surface area is 170 Å². The summed E-state index contributed by atoms with van der Waals surface area (Å²) in [7, 11) is 0. The van der Waals surface area contributed by atoms with Gasteiger partial charge in [0.2, 0.25) is 5.91 Å². The van der Waals surface area contributed by atoms with Crippen molar-refractivity contribution in [1.29, 1.82) is 0 Å². The Morgan fingerprint density at radius 2 is 1.79 bits per heavy atom. The molecule has 3 aromatic rings. The van der Waals surface area contributed by atoms with Crippen LogP contribution in [0.2, 0.25) is 0 Å². The van der Waals surface area contributed by atoms with Crippen molar-refractivity contribution in [2.45, 2.75) is 19.4 Å². The number of aromatic nitrogens is 1. The molecule has 1 aromatic heterocycles. The molecule has 4 rings (SSSR count). The highest BCUT2D eigenvalue weighted by atomic mass is 19.1. The summed E-state index contributed by atoms with van der Waals surface area (Å²) in [5, 5.41) is 0. The van der Waals surface area contributed by atoms with E-state index in [2.05, 4.69) is 28.1 Å². The Bertz CT molecular complexity index is 991. The first-order valence-electron chi connectivity index (χ1n) is 9.80. The highest BCUT2D eigenvalue weighted by Crippen LogP contribution is 2.35. The van der Waals surface area contributed by atoms with Gasteiger partial charge < -0.3 is 5.73 Å². The van der Waals surface area contributed by atoms with Crippen LogP contribution in [0.25, 0.3) is 11.1 Å². The van der Waals surface area contributed by atoms with Crippen molar-refractivity contribution >= 4 is 5.91 Å². The van der Waals surface area contributed by atoms with Gasteiger partial charge in [0.25, 0.3) is 0 Å². The number of carbonyl (C=O) groups is 1. The van der Waals surface area contributed by atoms with Crippen molar-refractivity contribution in [3.05, 3.63) is 90.0 Å². The van der Waals surface area contributed by atoms with E-state index in [9.17, 15) is 9.18 Å². The molecule has 1 saturated heterocycles. The van der Waals surface area contributed by atoms with Crippen LogP contribution in [0.4, 0.5) is 4.39 Å². The molecular weight excluding hydrogens is 365 g/mol. The number of nitrogens with two attached hydrogens (primary N) is 1. The van der Waals surface area contributed by atoms with E-state index < -0.39 is 5.41 Å². The topological polar surface area (TPSA) is 59.2 Å². The van der Waals surface area contributed by atoms with Crippen LogP contribution in [0, 0.1) is 11.2 Å². The molecule has 1 unspecified atom stereocenters. The molecule has 0 saturated carbocycles. The summed E-state index contributed by atoms with van der Waals surface area (Å²) in [6.07, 6.45) is 4.89. The van der Waals surface area contributed by atoms with Crippen LogP contribution >= 0.6 is 0 Å². The number of benzene rings is 2. The first kappa shape index (κ1) is 19.3. The number of hydrogen-bond donors (Lipinski definition) is 1. The SMILES string of the molecule is NC(=O)C1(Cc2cccc(-c3ccncc3)c2)CCN(Cc2ccc(F)cc2)C1. The Hall–Kier alpha value is -3.05. The molecule has 1 aliphatic rings. The minimum absolute atomic E-state index is 0.240. The summed E-state index contributed by atoms with van der Waals surface area (Å²) in [5.74, 6) is -0.496. The third-order valence-electron chi connectivity index (χ3n) is 5.76. The Morgan fingerprint density at radius 3 is 2.52 bits per heavy atom. The van der Waals surface area contributed by atoms with E-state index in [0.29, 0.717) is 19.5 Å². The lowest BCUT2D eigenvalue weighted by Crippen LogP contribution is -2.41. The van der Waals surface area contributed by atoms with Gasteiger partial charge in [0, 0.05) is 25.5 Å². The van der Waals surface area contributed by atoms with Crippen LogP contribution in [0.5, 0.6) is 0 Å². The second kappa shape index (κ2) is 8.13. The largest absolute Gasteiger partial charge is 0.369 e. The highest BCUT2D eigenvalue weighted by molar-refractivity contribution is 5.82. The zero-order chi connectivity index (χ0) is 20.3. The lowest BCUT2D eigenvalue weighted by Gasteiger charge is -2.26. The zero-order valence-corrected chi connectivity index (χ0v) is 16.2. The molecule has 1 atom stereocenters.